The minimum absolute atomic E-state index is 0.0138. The van der Waals surface area contributed by atoms with Crippen molar-refractivity contribution in [3.8, 4) is 0 Å². The first-order chi connectivity index (χ1) is 16.3. The lowest BCUT2D eigenvalue weighted by molar-refractivity contribution is -0.135. The van der Waals surface area contributed by atoms with Gasteiger partial charge in [-0.05, 0) is 74.3 Å². The zero-order chi connectivity index (χ0) is 24.0. The van der Waals surface area contributed by atoms with Crippen molar-refractivity contribution in [2.24, 2.45) is 18.4 Å². The van der Waals surface area contributed by atoms with Gasteiger partial charge in [-0.25, -0.2) is 9.59 Å². The molecule has 3 fully saturated rings. The van der Waals surface area contributed by atoms with Crippen LogP contribution in [0.4, 0.5) is 4.79 Å². The summed E-state index contributed by atoms with van der Waals surface area (Å²) in [5.41, 5.74) is 2.88. The van der Waals surface area contributed by atoms with Gasteiger partial charge in [0.25, 0.3) is 0 Å². The van der Waals surface area contributed by atoms with Gasteiger partial charge in [0.05, 0.1) is 11.0 Å². The monoisotopic (exact) mass is 468 g/mol. The highest BCUT2D eigenvalue weighted by molar-refractivity contribution is 6.00. The fraction of sp³-hybridized carbons (Fsp3) is 0.600. The Morgan fingerprint density at radius 2 is 1.91 bits per heavy atom. The summed E-state index contributed by atoms with van der Waals surface area (Å²) < 4.78 is 8.63. The van der Waals surface area contributed by atoms with Gasteiger partial charge in [0.2, 0.25) is 11.8 Å². The first-order valence-corrected chi connectivity index (χ1v) is 12.2. The van der Waals surface area contributed by atoms with Gasteiger partial charge in [-0.3, -0.25) is 24.0 Å². The smallest absolute Gasteiger partial charge is 0.407 e. The van der Waals surface area contributed by atoms with Crippen LogP contribution in [0, 0.1) is 11.3 Å². The number of imidazole rings is 1. The number of aromatic nitrogens is 2. The number of alkyl carbamates (subject to hydrolysis) is 1. The van der Waals surface area contributed by atoms with Crippen molar-refractivity contribution in [2.45, 2.75) is 69.9 Å². The van der Waals surface area contributed by atoms with Crippen LogP contribution >= 0.6 is 0 Å². The molecule has 9 nitrogen and oxygen atoms in total. The highest BCUT2D eigenvalue weighted by Gasteiger charge is 2.46. The first-order valence-electron chi connectivity index (χ1n) is 12.2. The maximum atomic E-state index is 13.1. The molecular weight excluding hydrogens is 436 g/mol. The molecular formula is C25H32N4O5. The molecule has 1 aromatic heterocycles. The fourth-order valence-corrected chi connectivity index (χ4v) is 6.47. The van der Waals surface area contributed by atoms with E-state index in [4.69, 9.17) is 4.74 Å². The van der Waals surface area contributed by atoms with E-state index >= 15 is 0 Å². The van der Waals surface area contributed by atoms with Gasteiger partial charge < -0.3 is 10.1 Å². The summed E-state index contributed by atoms with van der Waals surface area (Å²) in [6, 6.07) is 5.26. The van der Waals surface area contributed by atoms with Crippen molar-refractivity contribution in [3.05, 3.63) is 34.2 Å². The normalized spacial score (nSPS) is 29.1. The molecule has 2 aliphatic carbocycles. The summed E-state index contributed by atoms with van der Waals surface area (Å²) in [6.07, 6.45) is 7.43. The molecule has 5 rings (SSSR count). The first kappa shape index (κ1) is 22.7. The minimum atomic E-state index is -0.664. The molecule has 3 aliphatic rings. The highest BCUT2D eigenvalue weighted by Crippen LogP contribution is 2.56. The van der Waals surface area contributed by atoms with Gasteiger partial charge in [0.1, 0.15) is 12.1 Å². The Bertz CT molecular complexity index is 1200. The van der Waals surface area contributed by atoms with E-state index in [9.17, 15) is 19.2 Å². The molecule has 1 unspecified atom stereocenters. The van der Waals surface area contributed by atoms with Gasteiger partial charge in [-0.2, -0.15) is 0 Å². The Labute approximate surface area is 197 Å². The van der Waals surface area contributed by atoms with Crippen LogP contribution in [0.25, 0.3) is 11.0 Å². The number of carbonyl (C=O) groups is 3. The lowest BCUT2D eigenvalue weighted by Crippen LogP contribution is -2.44. The number of nitrogens with one attached hydrogen (secondary N) is 2. The van der Waals surface area contributed by atoms with Crippen molar-refractivity contribution >= 4 is 28.9 Å². The minimum Gasteiger partial charge on any atom is -0.446 e. The molecule has 34 heavy (non-hydrogen) atoms. The average molecular weight is 469 g/mol. The molecule has 182 valence electrons. The number of para-hydroxylation sites is 1. The third-order valence-corrected chi connectivity index (χ3v) is 8.13. The molecule has 2 aromatic rings. The topological polar surface area (TPSA) is 111 Å². The average Bonchev–Trinajstić information content (AvgIpc) is 3.05. The standard InChI is InChI=1S/C25H32N4O5/c1-26-23(32)34-17-8-10-25(11-9-17)13-15(14-25)12-16-4-3-5-18-21(16)28(2)24(33)29(18)19-6-7-20(30)27-22(19)31/h3-5,15,17,19H,6-14H2,1-2H3,(H,26,32)(H,27,30,31). The molecule has 9 heteroatoms. The molecule has 1 spiro atoms. The van der Waals surface area contributed by atoms with E-state index in [0.29, 0.717) is 17.8 Å². The molecule has 1 aliphatic heterocycles. The van der Waals surface area contributed by atoms with Crippen LogP contribution in [0.15, 0.2) is 23.0 Å². The number of nitrogens with zero attached hydrogens (tertiary/aromatic N) is 2. The fourth-order valence-electron chi connectivity index (χ4n) is 6.47. The molecule has 0 radical (unpaired) electrons. The SMILES string of the molecule is CNC(=O)OC1CCC2(CC1)CC(Cc1cccc3c1n(C)c(=O)n3C1CCC(=O)NC1=O)C2. The van der Waals surface area contributed by atoms with E-state index < -0.39 is 11.9 Å². The van der Waals surface area contributed by atoms with Crippen LogP contribution in [-0.4, -0.2) is 40.2 Å². The quantitative estimate of drug-likeness (QED) is 0.670. The van der Waals surface area contributed by atoms with Crippen molar-refractivity contribution in [3.63, 3.8) is 0 Å². The molecule has 3 amide bonds. The van der Waals surface area contributed by atoms with Crippen molar-refractivity contribution in [1.29, 1.82) is 0 Å². The van der Waals surface area contributed by atoms with E-state index in [0.717, 1.165) is 61.5 Å². The second kappa shape index (κ2) is 8.60. The van der Waals surface area contributed by atoms with Gasteiger partial charge in [-0.1, -0.05) is 12.1 Å². The Balaban J connectivity index is 1.30. The van der Waals surface area contributed by atoms with Crippen molar-refractivity contribution in [2.75, 3.05) is 7.05 Å². The number of imide groups is 1. The van der Waals surface area contributed by atoms with Crippen LogP contribution in [0.3, 0.4) is 0 Å². The number of carbonyl (C=O) groups excluding carboxylic acids is 3. The summed E-state index contributed by atoms with van der Waals surface area (Å²) >= 11 is 0. The van der Waals surface area contributed by atoms with E-state index in [2.05, 4.69) is 16.7 Å². The second-order valence-electron chi connectivity index (χ2n) is 10.3. The largest absolute Gasteiger partial charge is 0.446 e. The highest BCUT2D eigenvalue weighted by atomic mass is 16.6. The number of aryl methyl sites for hydroxylation is 1. The van der Waals surface area contributed by atoms with Gasteiger partial charge in [-0.15, -0.1) is 0 Å². The number of hydrogen-bond acceptors (Lipinski definition) is 5. The molecule has 2 N–H and O–H groups in total. The molecule has 0 bridgehead atoms. The Kier molecular flexibility index (Phi) is 5.73. The number of rotatable bonds is 4. The van der Waals surface area contributed by atoms with E-state index in [1.807, 2.05) is 12.1 Å². The third-order valence-electron chi connectivity index (χ3n) is 8.13. The van der Waals surface area contributed by atoms with Gasteiger partial charge in [0, 0.05) is 20.5 Å². The van der Waals surface area contributed by atoms with Crippen LogP contribution in [0.1, 0.15) is 63.0 Å². The van der Waals surface area contributed by atoms with Crippen LogP contribution in [0.5, 0.6) is 0 Å². The number of amides is 3. The van der Waals surface area contributed by atoms with E-state index in [-0.39, 0.29) is 30.2 Å². The van der Waals surface area contributed by atoms with Gasteiger partial charge >= 0.3 is 11.8 Å². The maximum Gasteiger partial charge on any atom is 0.407 e. The number of ether oxygens (including phenoxy) is 1. The Morgan fingerprint density at radius 1 is 1.18 bits per heavy atom. The summed E-state index contributed by atoms with van der Waals surface area (Å²) in [5, 5.41) is 4.89. The molecule has 1 atom stereocenters. The number of fused-ring (bicyclic) bond motifs is 1. The Hall–Kier alpha value is -3.10. The zero-order valence-electron chi connectivity index (χ0n) is 19.8. The zero-order valence-corrected chi connectivity index (χ0v) is 19.8. The predicted molar refractivity (Wildman–Crippen MR) is 125 cm³/mol. The van der Waals surface area contributed by atoms with Crippen LogP contribution in [-0.2, 0) is 27.8 Å². The van der Waals surface area contributed by atoms with Crippen molar-refractivity contribution in [1.82, 2.24) is 19.8 Å². The summed E-state index contributed by atoms with van der Waals surface area (Å²) in [6.45, 7) is 0. The van der Waals surface area contributed by atoms with E-state index in [1.165, 1.54) is 0 Å². The lowest BCUT2D eigenvalue weighted by atomic mass is 9.54. The molecule has 1 aromatic carbocycles. The second-order valence-corrected chi connectivity index (χ2v) is 10.3. The lowest BCUT2D eigenvalue weighted by Gasteiger charge is -2.51. The number of hydrogen-bond donors (Lipinski definition) is 2. The van der Waals surface area contributed by atoms with Crippen LogP contribution in [0.2, 0.25) is 0 Å². The molecule has 2 heterocycles. The van der Waals surface area contributed by atoms with Crippen molar-refractivity contribution < 1.29 is 19.1 Å². The molecule has 2 saturated carbocycles. The predicted octanol–water partition coefficient (Wildman–Crippen LogP) is 2.56. The summed E-state index contributed by atoms with van der Waals surface area (Å²) in [5.74, 6) is -0.146. The summed E-state index contributed by atoms with van der Waals surface area (Å²) in [4.78, 5) is 48.6. The van der Waals surface area contributed by atoms with Crippen LogP contribution < -0.4 is 16.3 Å². The summed E-state index contributed by atoms with van der Waals surface area (Å²) in [7, 11) is 3.34. The third kappa shape index (κ3) is 3.91. The van der Waals surface area contributed by atoms with E-state index in [1.54, 1.807) is 23.2 Å². The number of piperidine rings is 1. The molecule has 1 saturated heterocycles. The number of benzene rings is 1. The Morgan fingerprint density at radius 3 is 2.59 bits per heavy atom. The van der Waals surface area contributed by atoms with Gasteiger partial charge in [0.15, 0.2) is 0 Å². The maximum absolute atomic E-state index is 13.1.